The van der Waals surface area contributed by atoms with Gasteiger partial charge in [0.1, 0.15) is 35.6 Å². The minimum absolute atomic E-state index is 0.239. The van der Waals surface area contributed by atoms with Crippen molar-refractivity contribution in [1.29, 1.82) is 0 Å². The summed E-state index contributed by atoms with van der Waals surface area (Å²) >= 11 is 0. The van der Waals surface area contributed by atoms with Crippen LogP contribution in [0.3, 0.4) is 0 Å². The Balaban J connectivity index is 1.58. The van der Waals surface area contributed by atoms with Crippen molar-refractivity contribution in [3.8, 4) is 11.5 Å². The van der Waals surface area contributed by atoms with E-state index in [2.05, 4.69) is 32.1 Å². The van der Waals surface area contributed by atoms with Crippen LogP contribution >= 0.6 is 0 Å². The van der Waals surface area contributed by atoms with Crippen molar-refractivity contribution in [2.24, 2.45) is 0 Å². The molecule has 0 radical (unpaired) electrons. The number of β-amino-alcohol motifs (C(OH)–C–C–N with tert-alkyl or cyclic N) is 1. The second kappa shape index (κ2) is 10.7. The van der Waals surface area contributed by atoms with Gasteiger partial charge in [-0.15, -0.1) is 0 Å². The van der Waals surface area contributed by atoms with Gasteiger partial charge in [0.05, 0.1) is 7.11 Å². The molecule has 0 saturated carbocycles. The maximum atomic E-state index is 10.5. The lowest BCUT2D eigenvalue weighted by Gasteiger charge is -2.33. The number of aliphatic hydroxyl groups is 1. The van der Waals surface area contributed by atoms with E-state index in [1.165, 1.54) is 0 Å². The van der Waals surface area contributed by atoms with E-state index in [9.17, 15) is 5.11 Å². The number of aliphatic hydroxyl groups excluding tert-OH is 1. The van der Waals surface area contributed by atoms with Crippen LogP contribution in [-0.2, 0) is 13.1 Å². The number of aromatic nitrogens is 2. The molecule has 1 aromatic carbocycles. The molecule has 0 bridgehead atoms. The lowest BCUT2D eigenvalue weighted by molar-refractivity contribution is 0.0500. The van der Waals surface area contributed by atoms with Crippen molar-refractivity contribution < 1.29 is 19.2 Å². The minimum Gasteiger partial charge on any atom is -0.497 e. The number of benzene rings is 1. The van der Waals surface area contributed by atoms with Gasteiger partial charge in [-0.25, -0.2) is 4.63 Å². The molecule has 1 fully saturated rings. The van der Waals surface area contributed by atoms with E-state index in [1.54, 1.807) is 7.11 Å². The Bertz CT molecular complexity index is 791. The quantitative estimate of drug-likeness (QED) is 0.606. The highest BCUT2D eigenvalue weighted by Gasteiger charge is 2.18. The van der Waals surface area contributed by atoms with Crippen LogP contribution in [0.5, 0.6) is 11.5 Å². The lowest BCUT2D eigenvalue weighted by Crippen LogP contribution is -2.47. The third-order valence-electron chi connectivity index (χ3n) is 5.38. The molecule has 9 heteroatoms. The lowest BCUT2D eigenvalue weighted by atomic mass is 10.1. The smallest absolute Gasteiger partial charge is 0.127 e. The number of rotatable bonds is 10. The molecular weight excluding hydrogens is 386 g/mol. The molecule has 30 heavy (non-hydrogen) atoms. The maximum absolute atomic E-state index is 10.5. The average molecular weight is 420 g/mol. The summed E-state index contributed by atoms with van der Waals surface area (Å²) < 4.78 is 16.2. The zero-order chi connectivity index (χ0) is 21.5. The van der Waals surface area contributed by atoms with E-state index in [-0.39, 0.29) is 6.61 Å². The molecule has 0 unspecified atom stereocenters. The van der Waals surface area contributed by atoms with E-state index in [4.69, 9.17) is 14.1 Å². The Morgan fingerprint density at radius 1 is 1.20 bits per heavy atom. The first-order chi connectivity index (χ1) is 14.4. The van der Waals surface area contributed by atoms with E-state index in [0.717, 1.165) is 48.9 Å². The number of likely N-dealkylation sites (N-methyl/N-ethyl adjacent to an activating group) is 1. The second-order valence-electron chi connectivity index (χ2n) is 8.01. The number of nitrogens with zero attached hydrogens (tertiary/aromatic N) is 5. The molecule has 1 N–H and O–H groups in total. The number of aryl methyl sites for hydroxylation is 1. The molecule has 166 valence electrons. The fraction of sp³-hybridized carbons (Fsp3) is 0.619. The monoisotopic (exact) mass is 419 g/mol. The topological polar surface area (TPSA) is 87.3 Å². The van der Waals surface area contributed by atoms with Crippen LogP contribution in [0.2, 0.25) is 0 Å². The van der Waals surface area contributed by atoms with Gasteiger partial charge >= 0.3 is 0 Å². The highest BCUT2D eigenvalue weighted by atomic mass is 16.6. The predicted molar refractivity (Wildman–Crippen MR) is 113 cm³/mol. The fourth-order valence-corrected chi connectivity index (χ4v) is 3.49. The maximum Gasteiger partial charge on any atom is 0.127 e. The van der Waals surface area contributed by atoms with Crippen LogP contribution < -0.4 is 9.47 Å². The summed E-state index contributed by atoms with van der Waals surface area (Å²) in [5, 5.41) is 18.3. The molecule has 1 aromatic heterocycles. The summed E-state index contributed by atoms with van der Waals surface area (Å²) in [5.41, 5.74) is 2.62. The van der Waals surface area contributed by atoms with Crippen molar-refractivity contribution in [2.45, 2.75) is 26.1 Å². The van der Waals surface area contributed by atoms with Crippen LogP contribution in [0.4, 0.5) is 0 Å². The van der Waals surface area contributed by atoms with Gasteiger partial charge in [-0.05, 0) is 27.1 Å². The molecule has 2 aromatic rings. The number of ether oxygens (including phenoxy) is 2. The highest BCUT2D eigenvalue weighted by molar-refractivity contribution is 5.40. The Hall–Kier alpha value is -2.20. The van der Waals surface area contributed by atoms with Crippen molar-refractivity contribution in [2.75, 3.05) is 60.5 Å². The Labute approximate surface area is 178 Å². The zero-order valence-corrected chi connectivity index (χ0v) is 18.4. The SMILES string of the molecule is COc1ccc(CN(C)Cc2nonc2C)c(OC[C@@H](O)CN2CCN(C)CC2)c1. The van der Waals surface area contributed by atoms with E-state index in [0.29, 0.717) is 25.4 Å². The molecule has 0 aliphatic carbocycles. The average Bonchev–Trinajstić information content (AvgIpc) is 3.13. The van der Waals surface area contributed by atoms with E-state index < -0.39 is 6.10 Å². The predicted octanol–water partition coefficient (Wildman–Crippen LogP) is 1.01. The highest BCUT2D eigenvalue weighted by Crippen LogP contribution is 2.26. The van der Waals surface area contributed by atoms with Gasteiger partial charge < -0.3 is 19.5 Å². The number of hydrogen-bond acceptors (Lipinski definition) is 9. The summed E-state index contributed by atoms with van der Waals surface area (Å²) in [6.07, 6.45) is -0.547. The van der Waals surface area contributed by atoms with Crippen molar-refractivity contribution in [3.63, 3.8) is 0 Å². The minimum atomic E-state index is -0.547. The Kier molecular flexibility index (Phi) is 8.03. The van der Waals surface area contributed by atoms with Crippen molar-refractivity contribution in [3.05, 3.63) is 35.2 Å². The summed E-state index contributed by atoms with van der Waals surface area (Å²) in [5.74, 6) is 1.44. The molecule has 0 amide bonds. The first kappa shape index (κ1) is 22.5. The van der Waals surface area contributed by atoms with Gasteiger partial charge in [0.2, 0.25) is 0 Å². The standard InChI is InChI=1S/C21H33N5O4/c1-16-20(23-30-22-16)14-25(3)12-17-5-6-19(28-4)11-21(17)29-15-18(27)13-26-9-7-24(2)8-10-26/h5-6,11,18,27H,7-10,12-15H2,1-4H3/t18-/m0/s1. The summed E-state index contributed by atoms with van der Waals surface area (Å²) in [6.45, 7) is 8.00. The molecule has 3 rings (SSSR count). The first-order valence-electron chi connectivity index (χ1n) is 10.3. The van der Waals surface area contributed by atoms with E-state index in [1.807, 2.05) is 32.2 Å². The third-order valence-corrected chi connectivity index (χ3v) is 5.38. The normalized spacial score (nSPS) is 16.7. The van der Waals surface area contributed by atoms with Gasteiger partial charge in [-0.1, -0.05) is 16.4 Å². The second-order valence-corrected chi connectivity index (χ2v) is 8.01. The molecule has 1 aliphatic rings. The number of hydrogen-bond donors (Lipinski definition) is 1. The van der Waals surface area contributed by atoms with Gasteiger partial charge in [-0.3, -0.25) is 9.80 Å². The Morgan fingerprint density at radius 2 is 1.97 bits per heavy atom. The Morgan fingerprint density at radius 3 is 2.63 bits per heavy atom. The van der Waals surface area contributed by atoms with Crippen LogP contribution in [0.15, 0.2) is 22.8 Å². The van der Waals surface area contributed by atoms with E-state index >= 15 is 0 Å². The molecule has 1 saturated heterocycles. The van der Waals surface area contributed by atoms with Gasteiger partial charge in [0, 0.05) is 57.4 Å². The summed E-state index contributed by atoms with van der Waals surface area (Å²) in [6, 6.07) is 5.78. The van der Waals surface area contributed by atoms with Crippen LogP contribution in [0.25, 0.3) is 0 Å². The molecule has 0 spiro atoms. The summed E-state index contributed by atoms with van der Waals surface area (Å²) in [4.78, 5) is 6.69. The van der Waals surface area contributed by atoms with Crippen LogP contribution in [-0.4, -0.2) is 96.8 Å². The third kappa shape index (κ3) is 6.40. The first-order valence-corrected chi connectivity index (χ1v) is 10.3. The molecular formula is C21H33N5O4. The van der Waals surface area contributed by atoms with Gasteiger partial charge in [-0.2, -0.15) is 0 Å². The molecule has 9 nitrogen and oxygen atoms in total. The summed E-state index contributed by atoms with van der Waals surface area (Å²) in [7, 11) is 5.76. The number of piperazine rings is 1. The molecule has 1 atom stereocenters. The van der Waals surface area contributed by atoms with Crippen LogP contribution in [0.1, 0.15) is 17.0 Å². The van der Waals surface area contributed by atoms with Crippen molar-refractivity contribution >= 4 is 0 Å². The van der Waals surface area contributed by atoms with Crippen LogP contribution in [0, 0.1) is 6.92 Å². The zero-order valence-electron chi connectivity index (χ0n) is 18.4. The molecule has 2 heterocycles. The largest absolute Gasteiger partial charge is 0.497 e. The molecule has 1 aliphatic heterocycles. The fourth-order valence-electron chi connectivity index (χ4n) is 3.49. The number of methoxy groups -OCH3 is 1. The van der Waals surface area contributed by atoms with Gasteiger partial charge in [0.15, 0.2) is 0 Å². The van der Waals surface area contributed by atoms with Gasteiger partial charge in [0.25, 0.3) is 0 Å². The van der Waals surface area contributed by atoms with Crippen molar-refractivity contribution in [1.82, 2.24) is 25.0 Å².